The van der Waals surface area contributed by atoms with Crippen LogP contribution in [0, 0.1) is 5.82 Å². The van der Waals surface area contributed by atoms with Gasteiger partial charge in [-0.3, -0.25) is 4.79 Å². The van der Waals surface area contributed by atoms with Crippen molar-refractivity contribution in [3.05, 3.63) is 29.6 Å². The fourth-order valence-electron chi connectivity index (χ4n) is 0.878. The quantitative estimate of drug-likeness (QED) is 0.636. The molecule has 0 aliphatic rings. The van der Waals surface area contributed by atoms with Gasteiger partial charge in [-0.15, -0.1) is 0 Å². The third kappa shape index (κ3) is 2.08. The highest BCUT2D eigenvalue weighted by Gasteiger charge is 2.02. The van der Waals surface area contributed by atoms with E-state index in [1.54, 1.807) is 0 Å². The van der Waals surface area contributed by atoms with Crippen LogP contribution in [-0.2, 0) is 11.2 Å². The third-order valence-electron chi connectivity index (χ3n) is 1.42. The molecule has 0 unspecified atom stereocenters. The minimum absolute atomic E-state index is 0.0197. The molecule has 1 rings (SSSR count). The van der Waals surface area contributed by atoms with Crippen molar-refractivity contribution < 1.29 is 14.3 Å². The highest BCUT2D eigenvalue weighted by Crippen LogP contribution is 2.00. The lowest BCUT2D eigenvalue weighted by atomic mass is 9.93. The minimum atomic E-state index is -0.957. The molecule has 0 saturated heterocycles. The molecule has 0 saturated carbocycles. The second-order valence-electron chi connectivity index (χ2n) is 2.43. The predicted molar refractivity (Wildman–Crippen MR) is 43.1 cm³/mol. The Balaban J connectivity index is 2.89. The summed E-state index contributed by atoms with van der Waals surface area (Å²) < 4.78 is 12.6. The normalized spacial score (nSPS) is 9.75. The van der Waals surface area contributed by atoms with E-state index in [0.29, 0.717) is 5.56 Å². The van der Waals surface area contributed by atoms with Crippen molar-refractivity contribution in [2.75, 3.05) is 0 Å². The summed E-state index contributed by atoms with van der Waals surface area (Å²) >= 11 is 0. The molecule has 0 aromatic heterocycles. The van der Waals surface area contributed by atoms with E-state index in [9.17, 15) is 9.18 Å². The van der Waals surface area contributed by atoms with E-state index in [0.717, 1.165) is 6.07 Å². The van der Waals surface area contributed by atoms with E-state index in [2.05, 4.69) is 0 Å². The highest BCUT2D eigenvalue weighted by molar-refractivity contribution is 6.32. The van der Waals surface area contributed by atoms with Crippen LogP contribution in [0.4, 0.5) is 4.39 Å². The van der Waals surface area contributed by atoms with Crippen LogP contribution in [0.1, 0.15) is 5.56 Å². The first-order valence-electron chi connectivity index (χ1n) is 3.35. The summed E-state index contributed by atoms with van der Waals surface area (Å²) in [5.74, 6) is -1.48. The minimum Gasteiger partial charge on any atom is -0.481 e. The number of rotatable bonds is 2. The fourth-order valence-corrected chi connectivity index (χ4v) is 0.878. The van der Waals surface area contributed by atoms with Crippen LogP contribution in [0.25, 0.3) is 0 Å². The summed E-state index contributed by atoms with van der Waals surface area (Å²) in [6.45, 7) is 0. The van der Waals surface area contributed by atoms with Crippen molar-refractivity contribution >= 4 is 19.3 Å². The Morgan fingerprint density at radius 1 is 1.58 bits per heavy atom. The summed E-state index contributed by atoms with van der Waals surface area (Å²) in [5, 5.41) is 8.39. The second-order valence-corrected chi connectivity index (χ2v) is 2.43. The second kappa shape index (κ2) is 3.39. The van der Waals surface area contributed by atoms with Crippen molar-refractivity contribution in [1.29, 1.82) is 0 Å². The van der Waals surface area contributed by atoms with Crippen LogP contribution >= 0.6 is 0 Å². The van der Waals surface area contributed by atoms with E-state index >= 15 is 0 Å². The molecule has 0 heterocycles. The summed E-state index contributed by atoms with van der Waals surface area (Å²) in [7, 11) is 5.23. The molecule has 2 radical (unpaired) electrons. The molecular weight excluding hydrogens is 158 g/mol. The number of halogens is 1. The summed E-state index contributed by atoms with van der Waals surface area (Å²) in [4.78, 5) is 10.2. The van der Waals surface area contributed by atoms with Gasteiger partial charge in [-0.05, 0) is 11.6 Å². The Morgan fingerprint density at radius 3 is 2.75 bits per heavy atom. The van der Waals surface area contributed by atoms with Gasteiger partial charge < -0.3 is 5.11 Å². The van der Waals surface area contributed by atoms with Gasteiger partial charge in [-0.2, -0.15) is 0 Å². The molecule has 0 spiro atoms. The van der Waals surface area contributed by atoms with Gasteiger partial charge in [-0.1, -0.05) is 17.6 Å². The predicted octanol–water partition coefficient (Wildman–Crippen LogP) is 0.247. The van der Waals surface area contributed by atoms with E-state index < -0.39 is 11.8 Å². The van der Waals surface area contributed by atoms with Gasteiger partial charge in [0.2, 0.25) is 0 Å². The molecule has 0 bridgehead atoms. The van der Waals surface area contributed by atoms with Gasteiger partial charge in [0.25, 0.3) is 0 Å². The van der Waals surface area contributed by atoms with Gasteiger partial charge in [0.05, 0.1) is 6.42 Å². The molecule has 0 fully saturated rings. The zero-order valence-electron chi connectivity index (χ0n) is 6.25. The van der Waals surface area contributed by atoms with Crippen LogP contribution in [0.5, 0.6) is 0 Å². The third-order valence-corrected chi connectivity index (χ3v) is 1.42. The Kier molecular flexibility index (Phi) is 2.48. The SMILES string of the molecule is [B]c1cc(CC(=O)O)ccc1F. The number of hydrogen-bond acceptors (Lipinski definition) is 1. The lowest BCUT2D eigenvalue weighted by Crippen LogP contribution is -2.10. The molecule has 12 heavy (non-hydrogen) atoms. The number of aliphatic carboxylic acids is 1. The van der Waals surface area contributed by atoms with Crippen molar-refractivity contribution in [2.24, 2.45) is 0 Å². The number of hydrogen-bond donors (Lipinski definition) is 1. The van der Waals surface area contributed by atoms with E-state index in [-0.39, 0.29) is 11.9 Å². The van der Waals surface area contributed by atoms with Crippen molar-refractivity contribution in [1.82, 2.24) is 0 Å². The highest BCUT2D eigenvalue weighted by atomic mass is 19.1. The monoisotopic (exact) mass is 164 g/mol. The van der Waals surface area contributed by atoms with Crippen LogP contribution in [0.3, 0.4) is 0 Å². The van der Waals surface area contributed by atoms with Crippen LogP contribution < -0.4 is 5.46 Å². The van der Waals surface area contributed by atoms with Gasteiger partial charge in [0.15, 0.2) is 0 Å². The first kappa shape index (κ1) is 8.78. The Morgan fingerprint density at radius 2 is 2.25 bits per heavy atom. The van der Waals surface area contributed by atoms with Crippen molar-refractivity contribution in [3.8, 4) is 0 Å². The molecule has 60 valence electrons. The Bertz CT molecular complexity index is 312. The molecule has 4 heteroatoms. The topological polar surface area (TPSA) is 37.3 Å². The average Bonchev–Trinajstić information content (AvgIpc) is 1.96. The van der Waals surface area contributed by atoms with Gasteiger partial charge in [0.1, 0.15) is 13.7 Å². The number of carboxylic acids is 1. The smallest absolute Gasteiger partial charge is 0.307 e. The molecule has 0 aliphatic heterocycles. The lowest BCUT2D eigenvalue weighted by Gasteiger charge is -1.99. The molecule has 1 aromatic carbocycles. The maximum Gasteiger partial charge on any atom is 0.307 e. The number of carbonyl (C=O) groups is 1. The maximum atomic E-state index is 12.6. The molecule has 0 atom stereocenters. The molecule has 1 N–H and O–H groups in total. The van der Waals surface area contributed by atoms with Crippen molar-refractivity contribution in [3.63, 3.8) is 0 Å². The van der Waals surface area contributed by atoms with Gasteiger partial charge in [0, 0.05) is 0 Å². The summed E-state index contributed by atoms with van der Waals surface area (Å²) in [6.07, 6.45) is -0.134. The zero-order valence-corrected chi connectivity index (χ0v) is 6.25. The fraction of sp³-hybridized carbons (Fsp3) is 0.125. The number of benzene rings is 1. The van der Waals surface area contributed by atoms with Gasteiger partial charge in [-0.25, -0.2) is 4.39 Å². The molecular formula is C8H6BFO2. The van der Waals surface area contributed by atoms with Crippen molar-refractivity contribution in [2.45, 2.75) is 6.42 Å². The molecule has 1 aromatic rings. The Hall–Kier alpha value is -1.32. The molecule has 0 aliphatic carbocycles. The Labute approximate surface area is 70.4 Å². The van der Waals surface area contributed by atoms with Crippen LogP contribution in [-0.4, -0.2) is 18.9 Å². The largest absolute Gasteiger partial charge is 0.481 e. The van der Waals surface area contributed by atoms with E-state index in [1.807, 2.05) is 0 Å². The summed E-state index contributed by atoms with van der Waals surface area (Å²) in [5.41, 5.74) is 0.482. The van der Waals surface area contributed by atoms with Crippen LogP contribution in [0.2, 0.25) is 0 Å². The maximum absolute atomic E-state index is 12.6. The summed E-state index contributed by atoms with van der Waals surface area (Å²) in [6, 6.07) is 3.89. The molecule has 0 amide bonds. The number of carboxylic acid groups (broad SMARTS) is 1. The zero-order chi connectivity index (χ0) is 9.14. The average molecular weight is 164 g/mol. The first-order valence-corrected chi connectivity index (χ1v) is 3.35. The van der Waals surface area contributed by atoms with Gasteiger partial charge >= 0.3 is 5.97 Å². The first-order chi connectivity index (χ1) is 5.59. The van der Waals surface area contributed by atoms with E-state index in [1.165, 1.54) is 12.1 Å². The standard InChI is InChI=1S/C8H6BFO2/c9-6-3-5(4-8(11)12)1-2-7(6)10/h1-3H,4H2,(H,11,12). The molecule has 2 nitrogen and oxygen atoms in total. The lowest BCUT2D eigenvalue weighted by molar-refractivity contribution is -0.136. The van der Waals surface area contributed by atoms with E-state index in [4.69, 9.17) is 13.0 Å². The van der Waals surface area contributed by atoms with Crippen LogP contribution in [0.15, 0.2) is 18.2 Å².